The fraction of sp³-hybridized carbons (Fsp3) is 0.500. The van der Waals surface area contributed by atoms with Crippen LogP contribution in [-0.4, -0.2) is 48.1 Å². The molecular formula is C24H44O4SSi5. The smallest absolute Gasteiger partial charge is 0.389 e. The molecule has 1 unspecified atom stereocenters. The predicted molar refractivity (Wildman–Crippen MR) is 161 cm³/mol. The lowest BCUT2D eigenvalue weighted by atomic mass is 10.4. The molecule has 190 valence electrons. The molecular weight excluding hydrogens is 525 g/mol. The maximum absolute atomic E-state index is 7.43. The third-order valence-electron chi connectivity index (χ3n) is 4.92. The SMILES string of the molecule is C[Si](C)(C)O[Si](C)(C)O[Si](O[Si](C)(CCCS)O[Si](C)(C)C)(c1ccccc1)c1ccccc1. The summed E-state index contributed by atoms with van der Waals surface area (Å²) in [6, 6.07) is 21.9. The van der Waals surface area contributed by atoms with E-state index in [0.717, 1.165) is 28.6 Å². The topological polar surface area (TPSA) is 36.9 Å². The largest absolute Gasteiger partial charge is 0.437 e. The fourth-order valence-electron chi connectivity index (χ4n) is 4.32. The Labute approximate surface area is 218 Å². The van der Waals surface area contributed by atoms with Gasteiger partial charge in [0.15, 0.2) is 16.6 Å². The highest BCUT2D eigenvalue weighted by molar-refractivity contribution is 7.80. The number of hydrogen-bond donors (Lipinski definition) is 1. The Kier molecular flexibility index (Phi) is 10.4. The molecule has 2 rings (SSSR count). The summed E-state index contributed by atoms with van der Waals surface area (Å²) in [4.78, 5) is 0. The van der Waals surface area contributed by atoms with Crippen molar-refractivity contribution in [2.24, 2.45) is 0 Å². The van der Waals surface area contributed by atoms with Crippen molar-refractivity contribution in [1.82, 2.24) is 0 Å². The Balaban J connectivity index is 2.74. The van der Waals surface area contributed by atoms with Gasteiger partial charge in [0.2, 0.25) is 0 Å². The second kappa shape index (κ2) is 11.8. The first-order chi connectivity index (χ1) is 15.6. The van der Waals surface area contributed by atoms with Crippen LogP contribution in [0, 0.1) is 0 Å². The van der Waals surface area contributed by atoms with Crippen LogP contribution in [0.25, 0.3) is 0 Å². The Morgan fingerprint density at radius 3 is 1.41 bits per heavy atom. The molecule has 2 aromatic carbocycles. The third kappa shape index (κ3) is 9.30. The molecule has 0 amide bonds. The standard InChI is InChI=1S/C24H44O4SSi5/c1-30(2,3)25-32(7,8)27-34(23-17-12-10-13-18-23,24-19-14-11-15-20-24)28-33(9,22-16-21-29)26-31(4,5)6/h10-15,17-20,29H,16,21-22H2,1-9H3. The average molecular weight is 569 g/mol. The molecule has 0 radical (unpaired) electrons. The van der Waals surface area contributed by atoms with Crippen molar-refractivity contribution < 1.29 is 16.5 Å². The van der Waals surface area contributed by atoms with E-state index in [2.05, 4.69) is 120 Å². The zero-order chi connectivity index (χ0) is 25.7. The van der Waals surface area contributed by atoms with E-state index in [1.807, 2.05) is 12.1 Å². The van der Waals surface area contributed by atoms with Crippen LogP contribution in [0.3, 0.4) is 0 Å². The van der Waals surface area contributed by atoms with Crippen LogP contribution >= 0.6 is 12.6 Å². The fourth-order valence-corrected chi connectivity index (χ4v) is 27.8. The van der Waals surface area contributed by atoms with Crippen LogP contribution in [0.2, 0.25) is 65.0 Å². The molecule has 0 N–H and O–H groups in total. The van der Waals surface area contributed by atoms with Crippen LogP contribution in [0.5, 0.6) is 0 Å². The summed E-state index contributed by atoms with van der Waals surface area (Å²) in [7, 11) is -12.1. The molecule has 0 aliphatic heterocycles. The molecule has 0 fully saturated rings. The van der Waals surface area contributed by atoms with Crippen LogP contribution in [0.15, 0.2) is 60.7 Å². The van der Waals surface area contributed by atoms with E-state index in [9.17, 15) is 0 Å². The Bertz CT molecular complexity index is 848. The van der Waals surface area contributed by atoms with Gasteiger partial charge in [0.05, 0.1) is 0 Å². The summed E-state index contributed by atoms with van der Waals surface area (Å²) in [6.07, 6.45) is 0.955. The van der Waals surface area contributed by atoms with Crippen molar-refractivity contribution in [1.29, 1.82) is 0 Å². The molecule has 1 atom stereocenters. The minimum atomic E-state index is -3.18. The Morgan fingerprint density at radius 2 is 1.03 bits per heavy atom. The molecule has 4 nitrogen and oxygen atoms in total. The van der Waals surface area contributed by atoms with E-state index < -0.39 is 42.3 Å². The molecule has 0 aromatic heterocycles. The third-order valence-corrected chi connectivity index (χ3v) is 23.3. The summed E-state index contributed by atoms with van der Waals surface area (Å²) in [5.41, 5.74) is 0. The molecule has 34 heavy (non-hydrogen) atoms. The maximum atomic E-state index is 7.43. The van der Waals surface area contributed by atoms with Gasteiger partial charge in [-0.1, -0.05) is 60.7 Å². The van der Waals surface area contributed by atoms with Crippen molar-refractivity contribution in [2.45, 2.75) is 71.4 Å². The van der Waals surface area contributed by atoms with Gasteiger partial charge in [-0.25, -0.2) is 0 Å². The van der Waals surface area contributed by atoms with Crippen molar-refractivity contribution in [3.8, 4) is 0 Å². The van der Waals surface area contributed by atoms with Gasteiger partial charge in [0.1, 0.15) is 0 Å². The quantitative estimate of drug-likeness (QED) is 0.235. The predicted octanol–water partition coefficient (Wildman–Crippen LogP) is 6.07. The zero-order valence-electron chi connectivity index (χ0n) is 22.5. The molecule has 0 saturated heterocycles. The summed E-state index contributed by atoms with van der Waals surface area (Å²) in [5.74, 6) is 0.812. The van der Waals surface area contributed by atoms with E-state index in [1.54, 1.807) is 0 Å². The zero-order valence-corrected chi connectivity index (χ0v) is 28.4. The summed E-state index contributed by atoms with van der Waals surface area (Å²) < 4.78 is 28.3. The van der Waals surface area contributed by atoms with Crippen LogP contribution < -0.4 is 10.4 Å². The maximum Gasteiger partial charge on any atom is 0.389 e. The lowest BCUT2D eigenvalue weighted by Gasteiger charge is -2.45. The monoisotopic (exact) mass is 568 g/mol. The van der Waals surface area contributed by atoms with Crippen LogP contribution in [0.4, 0.5) is 0 Å². The highest BCUT2D eigenvalue weighted by Gasteiger charge is 2.54. The Hall–Kier alpha value is -0.286. The number of benzene rings is 2. The summed E-state index contributed by atoms with van der Waals surface area (Å²) in [5, 5.41) is 2.20. The molecule has 10 heteroatoms. The van der Waals surface area contributed by atoms with E-state index in [1.165, 1.54) is 0 Å². The minimum absolute atomic E-state index is 0.812. The lowest BCUT2D eigenvalue weighted by Crippen LogP contribution is -2.72. The average Bonchev–Trinajstić information content (AvgIpc) is 2.70. The molecule has 0 spiro atoms. The molecule has 0 aliphatic rings. The van der Waals surface area contributed by atoms with Gasteiger partial charge in [0, 0.05) is 0 Å². The second-order valence-electron chi connectivity index (χ2n) is 11.3. The first-order valence-electron chi connectivity index (χ1n) is 12.1. The minimum Gasteiger partial charge on any atom is -0.437 e. The molecule has 0 bridgehead atoms. The Morgan fingerprint density at radius 1 is 0.588 bits per heavy atom. The number of rotatable bonds is 13. The van der Waals surface area contributed by atoms with Crippen molar-refractivity contribution in [3.63, 3.8) is 0 Å². The number of hydrogen-bond acceptors (Lipinski definition) is 5. The summed E-state index contributed by atoms with van der Waals surface area (Å²) >= 11 is 4.50. The second-order valence-corrected chi connectivity index (χ2v) is 31.5. The first-order valence-corrected chi connectivity index (χ1v) is 26.7. The first kappa shape index (κ1) is 29.9. The van der Waals surface area contributed by atoms with Crippen LogP contribution in [0.1, 0.15) is 6.42 Å². The van der Waals surface area contributed by atoms with Gasteiger partial charge in [-0.2, -0.15) is 12.6 Å². The highest BCUT2D eigenvalue weighted by atomic mass is 32.1. The summed E-state index contributed by atoms with van der Waals surface area (Å²) in [6.45, 7) is 19.9. The van der Waals surface area contributed by atoms with E-state index >= 15 is 0 Å². The molecule has 2 aromatic rings. The van der Waals surface area contributed by atoms with Gasteiger partial charge in [-0.15, -0.1) is 0 Å². The normalized spacial score (nSPS) is 15.2. The van der Waals surface area contributed by atoms with Gasteiger partial charge >= 0.3 is 25.7 Å². The van der Waals surface area contributed by atoms with Crippen molar-refractivity contribution in [3.05, 3.63) is 60.7 Å². The molecule has 0 saturated carbocycles. The lowest BCUT2D eigenvalue weighted by molar-refractivity contribution is 0.306. The van der Waals surface area contributed by atoms with Gasteiger partial charge < -0.3 is 16.5 Å². The molecule has 0 heterocycles. The van der Waals surface area contributed by atoms with E-state index in [4.69, 9.17) is 16.5 Å². The van der Waals surface area contributed by atoms with E-state index in [-0.39, 0.29) is 0 Å². The van der Waals surface area contributed by atoms with Crippen molar-refractivity contribution >= 4 is 65.3 Å². The van der Waals surface area contributed by atoms with Crippen molar-refractivity contribution in [2.75, 3.05) is 5.75 Å². The number of thiol groups is 1. The van der Waals surface area contributed by atoms with E-state index in [0.29, 0.717) is 0 Å². The van der Waals surface area contributed by atoms with Crippen LogP contribution in [-0.2, 0) is 16.5 Å². The van der Waals surface area contributed by atoms with Gasteiger partial charge in [-0.05, 0) is 87.5 Å². The highest BCUT2D eigenvalue weighted by Crippen LogP contribution is 2.29. The molecule has 0 aliphatic carbocycles. The van der Waals surface area contributed by atoms with Gasteiger partial charge in [-0.3, -0.25) is 0 Å². The van der Waals surface area contributed by atoms with Gasteiger partial charge in [0.25, 0.3) is 0 Å².